The molecule has 1 saturated carbocycles. The maximum atomic E-state index is 15.3. The second kappa shape index (κ2) is 24.5. The smallest absolute Gasteiger partial charge is 0.269 e. The molecule has 1 amide bonds. The first-order chi connectivity index (χ1) is 36.7. The summed E-state index contributed by atoms with van der Waals surface area (Å²) >= 11 is 0. The van der Waals surface area contributed by atoms with Gasteiger partial charge >= 0.3 is 0 Å². The van der Waals surface area contributed by atoms with E-state index in [1.807, 2.05) is 84.9 Å². The second-order valence-electron chi connectivity index (χ2n) is 19.3. The summed E-state index contributed by atoms with van der Waals surface area (Å²) in [7, 11) is 0. The number of non-ortho nitro benzene ring substituents is 1. The van der Waals surface area contributed by atoms with Crippen LogP contribution >= 0.6 is 0 Å². The summed E-state index contributed by atoms with van der Waals surface area (Å²) < 4.78 is 35.9. The Morgan fingerprint density at radius 1 is 0.827 bits per heavy atom. The molecule has 2 aliphatic carbocycles. The van der Waals surface area contributed by atoms with Crippen molar-refractivity contribution in [2.24, 2.45) is 22.9 Å². The summed E-state index contributed by atoms with van der Waals surface area (Å²) in [6, 6.07) is 44.7. The molecule has 386 valence electrons. The molecule has 3 aliphatic rings. The molecule has 0 unspecified atom stereocenters. The molecule has 2 N–H and O–H groups in total. The standard InChI is InChI=1S/C62H62FN3O9/c1-2-37-72-62-58(65(41-44-19-26-49(63)27-20-44)59(69)34-23-43-21-28-50(29-22-43)66(70)71)40-56(64-73-42-45-13-5-3-6-14-45)54-38-48(17-9-11-35-67)53(18-10-12-36-68)60(61(54)62)55-39-52(32-33-57(55)75-62)74-51-30-24-47(25-31-51)46-15-7-4-8-16-46/h2-8,13-16,19-34,38-39,48,53,58,60-61,67-68H,1,9-12,17-18,35-37,40-42H2/t48-,53+,58-,60+,61+,62+/m0/s1. The second-order valence-corrected chi connectivity index (χ2v) is 19.3. The van der Waals surface area contributed by atoms with Gasteiger partial charge in [-0.05, 0) is 132 Å². The number of benzene rings is 6. The van der Waals surface area contributed by atoms with Gasteiger partial charge in [-0.25, -0.2) is 4.39 Å². The van der Waals surface area contributed by atoms with Crippen LogP contribution in [0.25, 0.3) is 17.2 Å². The monoisotopic (exact) mass is 1010 g/mol. The summed E-state index contributed by atoms with van der Waals surface area (Å²) in [5.74, 6) is -1.64. The molecule has 6 aromatic carbocycles. The molecule has 6 atom stereocenters. The zero-order valence-electron chi connectivity index (χ0n) is 41.8. The van der Waals surface area contributed by atoms with E-state index in [0.717, 1.165) is 53.5 Å². The Kier molecular flexibility index (Phi) is 17.1. The Morgan fingerprint density at radius 2 is 1.51 bits per heavy atom. The van der Waals surface area contributed by atoms with Gasteiger partial charge in [0.1, 0.15) is 35.7 Å². The number of nitro benzene ring substituents is 1. The van der Waals surface area contributed by atoms with Crippen LogP contribution in [0.4, 0.5) is 10.1 Å². The predicted octanol–water partition coefficient (Wildman–Crippen LogP) is 12.8. The van der Waals surface area contributed by atoms with Gasteiger partial charge in [-0.2, -0.15) is 0 Å². The van der Waals surface area contributed by atoms with Crippen LogP contribution in [-0.4, -0.2) is 63.3 Å². The highest BCUT2D eigenvalue weighted by atomic mass is 19.1. The SMILES string of the molecule is C=CCO[C@@]12Oc3ccc(Oc4ccc(-c5ccccc5)cc4)cc3[C@H]3[C@H](CCCCO)[C@@H](CCCCO)C=C(C(=NOCc4ccccc4)C[C@@H]1N(Cc1ccc(F)cc1)C(=O)C=Cc1ccc([N+](=O)[O-])cc1)[C@H]32. The van der Waals surface area contributed by atoms with Crippen LogP contribution in [-0.2, 0) is 27.5 Å². The van der Waals surface area contributed by atoms with Crippen molar-refractivity contribution in [3.05, 3.63) is 220 Å². The Bertz CT molecular complexity index is 2980. The predicted molar refractivity (Wildman–Crippen MR) is 287 cm³/mol. The Morgan fingerprint density at radius 3 is 2.20 bits per heavy atom. The van der Waals surface area contributed by atoms with Crippen molar-refractivity contribution in [2.45, 2.75) is 75.8 Å². The minimum Gasteiger partial charge on any atom is -0.459 e. The normalized spacial score (nSPS) is 21.1. The van der Waals surface area contributed by atoms with Crippen molar-refractivity contribution in [3.8, 4) is 28.4 Å². The minimum atomic E-state index is -1.59. The average molecular weight is 1010 g/mol. The van der Waals surface area contributed by atoms with E-state index < -0.39 is 34.4 Å². The number of carbonyl (C=O) groups excluding carboxylic acids is 1. The number of rotatable bonds is 23. The lowest BCUT2D eigenvalue weighted by molar-refractivity contribution is -0.384. The van der Waals surface area contributed by atoms with Crippen LogP contribution in [0.15, 0.2) is 187 Å². The number of oxime groups is 1. The molecule has 1 heterocycles. The molecule has 0 saturated heterocycles. The molecule has 6 aromatic rings. The fourth-order valence-electron chi connectivity index (χ4n) is 11.1. The number of nitrogens with zero attached hydrogens (tertiary/aromatic N) is 3. The minimum absolute atomic E-state index is 0.0118. The van der Waals surface area contributed by atoms with Crippen LogP contribution in [0.2, 0.25) is 0 Å². The highest BCUT2D eigenvalue weighted by molar-refractivity contribution is 6.03. The average Bonchev–Trinajstić information content (AvgIpc) is 3.47. The van der Waals surface area contributed by atoms with Gasteiger partial charge < -0.3 is 34.2 Å². The van der Waals surface area contributed by atoms with Gasteiger partial charge in [-0.15, -0.1) is 6.58 Å². The third-order valence-electron chi connectivity index (χ3n) is 14.5. The first-order valence-corrected chi connectivity index (χ1v) is 25.7. The van der Waals surface area contributed by atoms with E-state index in [1.54, 1.807) is 41.3 Å². The van der Waals surface area contributed by atoms with E-state index in [2.05, 4.69) is 30.9 Å². The molecule has 13 heteroatoms. The number of hydrogen-bond acceptors (Lipinski definition) is 10. The van der Waals surface area contributed by atoms with Crippen molar-refractivity contribution in [1.82, 2.24) is 4.90 Å². The summed E-state index contributed by atoms with van der Waals surface area (Å²) in [6.07, 6.45) is 11.3. The van der Waals surface area contributed by atoms with Gasteiger partial charge in [0.05, 0.1) is 23.2 Å². The zero-order valence-corrected chi connectivity index (χ0v) is 41.8. The number of ether oxygens (including phenoxy) is 3. The van der Waals surface area contributed by atoms with E-state index in [-0.39, 0.29) is 62.8 Å². The van der Waals surface area contributed by atoms with Gasteiger partial charge in [0.2, 0.25) is 11.7 Å². The maximum Gasteiger partial charge on any atom is 0.269 e. The molecule has 9 rings (SSSR count). The van der Waals surface area contributed by atoms with Gasteiger partial charge in [0, 0.05) is 55.9 Å². The number of nitro groups is 1. The van der Waals surface area contributed by atoms with E-state index >= 15 is 4.79 Å². The molecule has 1 fully saturated rings. The molecule has 12 nitrogen and oxygen atoms in total. The number of hydrogen-bond donors (Lipinski definition) is 2. The molecule has 0 bridgehead atoms. The molecular formula is C62H62FN3O9. The maximum absolute atomic E-state index is 15.3. The van der Waals surface area contributed by atoms with Crippen molar-refractivity contribution >= 4 is 23.4 Å². The van der Waals surface area contributed by atoms with E-state index in [0.29, 0.717) is 46.9 Å². The molecule has 1 aliphatic heterocycles. The van der Waals surface area contributed by atoms with Crippen molar-refractivity contribution in [1.29, 1.82) is 0 Å². The highest BCUT2D eigenvalue weighted by Crippen LogP contribution is 2.62. The summed E-state index contributed by atoms with van der Waals surface area (Å²) in [4.78, 5) is 34.3. The number of carbonyl (C=O) groups is 1. The number of aliphatic hydroxyl groups excluding tert-OH is 2. The first-order valence-electron chi connectivity index (χ1n) is 25.7. The number of fused-ring (bicyclic) bond motifs is 2. The van der Waals surface area contributed by atoms with Crippen LogP contribution in [0.1, 0.15) is 73.1 Å². The topological polar surface area (TPSA) is 153 Å². The zero-order chi connectivity index (χ0) is 52.2. The van der Waals surface area contributed by atoms with Crippen LogP contribution in [0.5, 0.6) is 17.2 Å². The fourth-order valence-corrected chi connectivity index (χ4v) is 11.1. The fraction of sp³-hybridized carbons (Fsp3) is 0.290. The number of amides is 1. The molecule has 75 heavy (non-hydrogen) atoms. The number of unbranched alkanes of at least 4 members (excludes halogenated alkanes) is 2. The van der Waals surface area contributed by atoms with Gasteiger partial charge in [0.25, 0.3) is 5.69 Å². The first kappa shape index (κ1) is 52.2. The van der Waals surface area contributed by atoms with Crippen LogP contribution in [0, 0.1) is 33.7 Å². The molecule has 0 aromatic heterocycles. The molecular weight excluding hydrogens is 950 g/mol. The molecule has 0 spiro atoms. The Labute approximate surface area is 437 Å². The van der Waals surface area contributed by atoms with Crippen LogP contribution < -0.4 is 9.47 Å². The third-order valence-corrected chi connectivity index (χ3v) is 14.5. The van der Waals surface area contributed by atoms with Crippen molar-refractivity contribution in [3.63, 3.8) is 0 Å². The largest absolute Gasteiger partial charge is 0.459 e. The van der Waals surface area contributed by atoms with Gasteiger partial charge in [0.15, 0.2) is 0 Å². The summed E-state index contributed by atoms with van der Waals surface area (Å²) in [6.45, 7) is 4.40. The third kappa shape index (κ3) is 12.1. The molecule has 0 radical (unpaired) electrons. The number of aliphatic hydroxyl groups is 2. The Hall–Kier alpha value is -7.71. The quantitative estimate of drug-likeness (QED) is 0.0210. The van der Waals surface area contributed by atoms with Gasteiger partial charge in [-0.3, -0.25) is 14.9 Å². The number of halogens is 1. The highest BCUT2D eigenvalue weighted by Gasteiger charge is 2.65. The van der Waals surface area contributed by atoms with Gasteiger partial charge in [-0.1, -0.05) is 115 Å². The van der Waals surface area contributed by atoms with Crippen molar-refractivity contribution < 1.29 is 43.4 Å². The lowest BCUT2D eigenvalue weighted by Crippen LogP contribution is -2.70. The summed E-state index contributed by atoms with van der Waals surface area (Å²) in [5, 5.41) is 36.7. The van der Waals surface area contributed by atoms with E-state index in [9.17, 15) is 24.7 Å². The van der Waals surface area contributed by atoms with Crippen LogP contribution in [0.3, 0.4) is 0 Å². The van der Waals surface area contributed by atoms with Crippen molar-refractivity contribution in [2.75, 3.05) is 19.8 Å². The Balaban J connectivity index is 1.22. The van der Waals surface area contributed by atoms with E-state index in [4.69, 9.17) is 24.2 Å². The lowest BCUT2D eigenvalue weighted by atomic mass is 9.55. The summed E-state index contributed by atoms with van der Waals surface area (Å²) in [5.41, 5.74) is 6.57. The number of allylic oxidation sites excluding steroid dienone is 1. The van der Waals surface area contributed by atoms with E-state index in [1.165, 1.54) is 30.3 Å². The lowest BCUT2D eigenvalue weighted by Gasteiger charge is -2.60.